The first-order valence-electron chi connectivity index (χ1n) is 11.7. The van der Waals surface area contributed by atoms with Crippen molar-refractivity contribution >= 4 is 11.8 Å². The van der Waals surface area contributed by atoms with E-state index in [2.05, 4.69) is 45.7 Å². The van der Waals surface area contributed by atoms with Crippen molar-refractivity contribution in [2.45, 2.75) is 46.1 Å². The van der Waals surface area contributed by atoms with E-state index in [9.17, 15) is 9.59 Å². The molecule has 29 heavy (non-hydrogen) atoms. The highest BCUT2D eigenvalue weighted by atomic mass is 16.2. The maximum Gasteiger partial charge on any atom is 0.236 e. The van der Waals surface area contributed by atoms with Crippen LogP contribution in [0, 0.1) is 11.8 Å². The molecule has 7 nitrogen and oxygen atoms in total. The number of hydrogen-bond donors (Lipinski definition) is 1. The fourth-order valence-corrected chi connectivity index (χ4v) is 5.13. The van der Waals surface area contributed by atoms with Crippen molar-refractivity contribution < 1.29 is 9.59 Å². The molecule has 3 aliphatic rings. The molecular weight excluding hydrogens is 366 g/mol. The van der Waals surface area contributed by atoms with Gasteiger partial charge in [-0.05, 0) is 37.6 Å². The molecule has 0 aromatic rings. The maximum absolute atomic E-state index is 12.7. The van der Waals surface area contributed by atoms with Crippen LogP contribution in [0.2, 0.25) is 0 Å². The Hall–Kier alpha value is -1.18. The number of nitrogens with one attached hydrogen (secondary N) is 1. The number of likely N-dealkylation sites (tertiary alicyclic amines) is 2. The average Bonchev–Trinajstić information content (AvgIpc) is 2.69. The van der Waals surface area contributed by atoms with Crippen molar-refractivity contribution in [1.82, 2.24) is 24.9 Å². The van der Waals surface area contributed by atoms with Gasteiger partial charge in [0.25, 0.3) is 0 Å². The van der Waals surface area contributed by atoms with Gasteiger partial charge in [0.2, 0.25) is 11.8 Å². The van der Waals surface area contributed by atoms with Crippen molar-refractivity contribution in [2.75, 3.05) is 72.0 Å². The molecule has 0 aliphatic carbocycles. The second-order valence-corrected chi connectivity index (χ2v) is 9.57. The molecule has 166 valence electrons. The van der Waals surface area contributed by atoms with Crippen LogP contribution in [-0.2, 0) is 9.59 Å². The molecule has 0 aromatic heterocycles. The molecule has 0 spiro atoms. The van der Waals surface area contributed by atoms with Gasteiger partial charge in [-0.3, -0.25) is 19.4 Å². The van der Waals surface area contributed by atoms with Crippen LogP contribution < -0.4 is 5.32 Å². The van der Waals surface area contributed by atoms with Crippen LogP contribution in [0.4, 0.5) is 0 Å². The molecule has 2 atom stereocenters. The van der Waals surface area contributed by atoms with E-state index < -0.39 is 0 Å². The number of piperidine rings is 2. The third-order valence-electron chi connectivity index (χ3n) is 6.81. The lowest BCUT2D eigenvalue weighted by Gasteiger charge is -2.38. The first kappa shape index (κ1) is 22.5. The summed E-state index contributed by atoms with van der Waals surface area (Å²) in [4.78, 5) is 34.1. The number of rotatable bonds is 6. The Labute approximate surface area is 176 Å². The van der Waals surface area contributed by atoms with Gasteiger partial charge >= 0.3 is 0 Å². The van der Waals surface area contributed by atoms with E-state index in [1.54, 1.807) is 0 Å². The van der Waals surface area contributed by atoms with E-state index in [4.69, 9.17) is 0 Å². The largest absolute Gasteiger partial charge is 0.352 e. The molecule has 2 unspecified atom stereocenters. The Morgan fingerprint density at radius 2 is 1.38 bits per heavy atom. The molecule has 2 amide bonds. The van der Waals surface area contributed by atoms with Crippen molar-refractivity contribution in [1.29, 1.82) is 0 Å². The summed E-state index contributed by atoms with van der Waals surface area (Å²) in [7, 11) is 0. The summed E-state index contributed by atoms with van der Waals surface area (Å²) in [5.41, 5.74) is 0. The minimum atomic E-state index is 0.153. The second-order valence-electron chi connectivity index (χ2n) is 9.57. The van der Waals surface area contributed by atoms with Crippen LogP contribution in [0.3, 0.4) is 0 Å². The van der Waals surface area contributed by atoms with Crippen molar-refractivity contribution in [2.24, 2.45) is 11.8 Å². The molecule has 3 heterocycles. The molecule has 1 N–H and O–H groups in total. The monoisotopic (exact) mass is 407 g/mol. The number of nitrogens with zero attached hydrogens (tertiary/aromatic N) is 4. The van der Waals surface area contributed by atoms with Crippen LogP contribution in [-0.4, -0.2) is 109 Å². The summed E-state index contributed by atoms with van der Waals surface area (Å²) in [6.07, 6.45) is 3.34. The molecule has 7 heteroatoms. The van der Waals surface area contributed by atoms with Crippen molar-refractivity contribution in [3.63, 3.8) is 0 Å². The molecule has 3 fully saturated rings. The topological polar surface area (TPSA) is 59.1 Å². The third-order valence-corrected chi connectivity index (χ3v) is 6.81. The summed E-state index contributed by atoms with van der Waals surface area (Å²) < 4.78 is 0. The Morgan fingerprint density at radius 1 is 0.828 bits per heavy atom. The summed E-state index contributed by atoms with van der Waals surface area (Å²) in [6, 6.07) is 0.332. The zero-order valence-electron chi connectivity index (χ0n) is 18.7. The van der Waals surface area contributed by atoms with Crippen LogP contribution in [0.15, 0.2) is 0 Å². The van der Waals surface area contributed by atoms with Crippen LogP contribution >= 0.6 is 0 Å². The van der Waals surface area contributed by atoms with Crippen LogP contribution in [0.25, 0.3) is 0 Å². The van der Waals surface area contributed by atoms with Gasteiger partial charge in [0.05, 0.1) is 13.1 Å². The second kappa shape index (κ2) is 10.7. The van der Waals surface area contributed by atoms with E-state index >= 15 is 0 Å². The smallest absolute Gasteiger partial charge is 0.236 e. The summed E-state index contributed by atoms with van der Waals surface area (Å²) >= 11 is 0. The minimum absolute atomic E-state index is 0.153. The molecule has 0 bridgehead atoms. The molecule has 0 saturated carbocycles. The highest BCUT2D eigenvalue weighted by Gasteiger charge is 2.28. The highest BCUT2D eigenvalue weighted by Crippen LogP contribution is 2.21. The molecule has 3 saturated heterocycles. The molecule has 3 aliphatic heterocycles. The average molecular weight is 408 g/mol. The summed E-state index contributed by atoms with van der Waals surface area (Å²) in [5.74, 6) is 1.63. The zero-order chi connectivity index (χ0) is 20.8. The number of hydrogen-bond acceptors (Lipinski definition) is 5. The fraction of sp³-hybridized carbons (Fsp3) is 0.909. The standard InChI is InChI=1S/C22H41N5O2/c1-4-24-7-5-20(6-8-24)23-21(28)16-25-9-11-26(12-10-25)17-22(29)27-14-18(2)13-19(3)15-27/h18-20H,4-17H2,1-3H3,(H,23,28). The maximum atomic E-state index is 12.7. The van der Waals surface area contributed by atoms with Crippen molar-refractivity contribution in [3.05, 3.63) is 0 Å². The predicted molar refractivity (Wildman–Crippen MR) is 116 cm³/mol. The van der Waals surface area contributed by atoms with Gasteiger partial charge in [-0.1, -0.05) is 20.8 Å². The van der Waals surface area contributed by atoms with Gasteiger partial charge in [0.1, 0.15) is 0 Å². The Bertz CT molecular complexity index is 531. The van der Waals surface area contributed by atoms with Gasteiger partial charge in [-0.2, -0.15) is 0 Å². The highest BCUT2D eigenvalue weighted by molar-refractivity contribution is 5.79. The molecule has 3 rings (SSSR count). The van der Waals surface area contributed by atoms with Crippen LogP contribution in [0.5, 0.6) is 0 Å². The van der Waals surface area contributed by atoms with E-state index in [1.165, 1.54) is 6.42 Å². The fourth-order valence-electron chi connectivity index (χ4n) is 5.13. The van der Waals surface area contributed by atoms with Gasteiger partial charge < -0.3 is 15.1 Å². The normalized spacial score (nSPS) is 28.4. The van der Waals surface area contributed by atoms with E-state index in [0.717, 1.165) is 71.7 Å². The SMILES string of the molecule is CCN1CCC(NC(=O)CN2CCN(CC(=O)N3CC(C)CC(C)C3)CC2)CC1. The number of carbonyl (C=O) groups excluding carboxylic acids is 2. The lowest BCUT2D eigenvalue weighted by Crippen LogP contribution is -2.54. The third kappa shape index (κ3) is 6.93. The molecule has 0 aromatic carbocycles. The Kier molecular flexibility index (Phi) is 8.33. The van der Waals surface area contributed by atoms with Gasteiger partial charge in [0.15, 0.2) is 0 Å². The predicted octanol–water partition coefficient (Wildman–Crippen LogP) is 0.709. The van der Waals surface area contributed by atoms with E-state index in [0.29, 0.717) is 31.0 Å². The van der Waals surface area contributed by atoms with E-state index in [1.807, 2.05) is 0 Å². The number of amides is 2. The van der Waals surface area contributed by atoms with E-state index in [-0.39, 0.29) is 11.8 Å². The lowest BCUT2D eigenvalue weighted by molar-refractivity contribution is -0.136. The first-order valence-corrected chi connectivity index (χ1v) is 11.7. The molecular formula is C22H41N5O2. The van der Waals surface area contributed by atoms with Crippen LogP contribution in [0.1, 0.15) is 40.0 Å². The van der Waals surface area contributed by atoms with Gasteiger partial charge in [0, 0.05) is 58.4 Å². The Morgan fingerprint density at radius 3 is 1.93 bits per heavy atom. The van der Waals surface area contributed by atoms with Crippen molar-refractivity contribution in [3.8, 4) is 0 Å². The summed E-state index contributed by atoms with van der Waals surface area (Å²) in [5, 5.41) is 3.22. The number of piperazine rings is 1. The zero-order valence-corrected chi connectivity index (χ0v) is 18.7. The summed E-state index contributed by atoms with van der Waals surface area (Å²) in [6.45, 7) is 16.2. The molecule has 0 radical (unpaired) electrons. The van der Waals surface area contributed by atoms with Gasteiger partial charge in [-0.25, -0.2) is 0 Å². The van der Waals surface area contributed by atoms with Gasteiger partial charge in [-0.15, -0.1) is 0 Å². The lowest BCUT2D eigenvalue weighted by atomic mass is 9.92. The Balaban J connectivity index is 1.33. The minimum Gasteiger partial charge on any atom is -0.352 e. The quantitative estimate of drug-likeness (QED) is 0.703. The number of carbonyl (C=O) groups is 2. The first-order chi connectivity index (χ1) is 13.9.